The average molecular weight is 596 g/mol. The molecule has 0 atom stereocenters. The first-order valence-corrected chi connectivity index (χ1v) is 14.3. The average Bonchev–Trinajstić information content (AvgIpc) is 3.43. The molecule has 0 saturated carbocycles. The lowest BCUT2D eigenvalue weighted by Crippen LogP contribution is -2.30. The number of thiocarbonyl (C=S) groups is 1. The largest absolute Gasteiger partial charge is 0.493 e. The molecule has 1 fully saturated rings. The molecule has 0 aliphatic carbocycles. The lowest BCUT2D eigenvalue weighted by molar-refractivity contribution is -0.122. The van der Waals surface area contributed by atoms with Gasteiger partial charge in [0.2, 0.25) is 0 Å². The minimum atomic E-state index is -0.510. The first-order chi connectivity index (χ1) is 18.9. The van der Waals surface area contributed by atoms with Crippen molar-refractivity contribution in [2.24, 2.45) is 0 Å². The minimum absolute atomic E-state index is 0.139. The van der Waals surface area contributed by atoms with Crippen LogP contribution in [0, 0.1) is 0 Å². The van der Waals surface area contributed by atoms with Crippen LogP contribution in [-0.2, 0) is 11.2 Å². The highest BCUT2D eigenvalue weighted by Crippen LogP contribution is 2.36. The molecule has 10 heteroatoms. The minimum Gasteiger partial charge on any atom is -0.493 e. The number of amides is 1. The Balaban J connectivity index is 1.23. The van der Waals surface area contributed by atoms with Gasteiger partial charge in [0.15, 0.2) is 11.5 Å². The molecule has 0 radical (unpaired) electrons. The van der Waals surface area contributed by atoms with Crippen LogP contribution in [0.4, 0.5) is 0 Å². The molecule has 0 N–H and O–H groups in total. The van der Waals surface area contributed by atoms with Crippen molar-refractivity contribution < 1.29 is 23.8 Å². The Morgan fingerprint density at radius 2 is 1.77 bits per heavy atom. The van der Waals surface area contributed by atoms with Gasteiger partial charge in [-0.05, 0) is 54.0 Å². The van der Waals surface area contributed by atoms with Gasteiger partial charge in [0.25, 0.3) is 5.91 Å². The van der Waals surface area contributed by atoms with Crippen LogP contribution in [0.2, 0.25) is 5.02 Å². The van der Waals surface area contributed by atoms with E-state index in [1.165, 1.54) is 23.1 Å². The maximum atomic E-state index is 13.1. The Morgan fingerprint density at radius 1 is 1.03 bits per heavy atom. The van der Waals surface area contributed by atoms with Crippen LogP contribution in [0.5, 0.6) is 17.2 Å². The summed E-state index contributed by atoms with van der Waals surface area (Å²) in [5.41, 5.74) is 1.79. The van der Waals surface area contributed by atoms with Crippen molar-refractivity contribution >= 4 is 79.3 Å². The van der Waals surface area contributed by atoms with Crippen molar-refractivity contribution in [3.63, 3.8) is 0 Å². The fraction of sp³-hybridized carbons (Fsp3) is 0.138. The van der Waals surface area contributed by atoms with Crippen molar-refractivity contribution in [2.45, 2.75) is 6.42 Å². The molecule has 1 aliphatic rings. The molecule has 4 aromatic rings. The lowest BCUT2D eigenvalue weighted by Gasteiger charge is -2.15. The number of halogens is 1. The lowest BCUT2D eigenvalue weighted by atomic mass is 10.1. The Kier molecular flexibility index (Phi) is 8.23. The smallest absolute Gasteiger partial charge is 0.355 e. The third kappa shape index (κ3) is 5.81. The van der Waals surface area contributed by atoms with E-state index in [1.54, 1.807) is 49.5 Å². The van der Waals surface area contributed by atoms with Gasteiger partial charge in [-0.15, -0.1) is 11.3 Å². The Bertz CT molecular complexity index is 1610. The van der Waals surface area contributed by atoms with Crippen molar-refractivity contribution in [2.75, 3.05) is 20.8 Å². The monoisotopic (exact) mass is 595 g/mol. The van der Waals surface area contributed by atoms with E-state index in [4.69, 9.17) is 38.0 Å². The first-order valence-electron chi connectivity index (χ1n) is 11.8. The summed E-state index contributed by atoms with van der Waals surface area (Å²) in [5.74, 6) is 1.03. The number of rotatable bonds is 8. The maximum absolute atomic E-state index is 13.1. The van der Waals surface area contributed by atoms with Crippen LogP contribution in [0.25, 0.3) is 16.2 Å². The summed E-state index contributed by atoms with van der Waals surface area (Å²) in [4.78, 5) is 28.3. The number of hydrogen-bond acceptors (Lipinski definition) is 8. The van der Waals surface area contributed by atoms with Crippen LogP contribution in [0.15, 0.2) is 71.6 Å². The zero-order valence-corrected chi connectivity index (χ0v) is 24.1. The second kappa shape index (κ2) is 11.8. The molecule has 0 unspecified atom stereocenters. The normalized spacial score (nSPS) is 14.3. The predicted octanol–water partition coefficient (Wildman–Crippen LogP) is 7.24. The van der Waals surface area contributed by atoms with Crippen LogP contribution >= 0.6 is 46.9 Å². The van der Waals surface area contributed by atoms with Crippen LogP contribution in [-0.4, -0.2) is 41.9 Å². The van der Waals surface area contributed by atoms with Crippen molar-refractivity contribution in [1.29, 1.82) is 0 Å². The first kappa shape index (κ1) is 27.2. The van der Waals surface area contributed by atoms with Crippen molar-refractivity contribution in [3.05, 3.63) is 92.7 Å². The number of ether oxygens (including phenoxy) is 3. The van der Waals surface area contributed by atoms with Crippen molar-refractivity contribution in [1.82, 2.24) is 4.90 Å². The van der Waals surface area contributed by atoms with E-state index in [9.17, 15) is 9.59 Å². The van der Waals surface area contributed by atoms with Crippen LogP contribution in [0.1, 0.15) is 20.8 Å². The zero-order chi connectivity index (χ0) is 27.5. The van der Waals surface area contributed by atoms with Gasteiger partial charge >= 0.3 is 5.97 Å². The van der Waals surface area contributed by atoms with Gasteiger partial charge in [0.1, 0.15) is 14.9 Å². The molecule has 3 aromatic carbocycles. The molecule has 1 aliphatic heterocycles. The predicted molar refractivity (Wildman–Crippen MR) is 161 cm³/mol. The highest BCUT2D eigenvalue weighted by Gasteiger charge is 2.31. The molecule has 6 nitrogen and oxygen atoms in total. The second-order valence-corrected chi connectivity index (χ2v) is 11.6. The number of thiophene rings is 1. The summed E-state index contributed by atoms with van der Waals surface area (Å²) in [5, 5.41) is 1.22. The molecular formula is C29H22ClNO5S3. The molecule has 198 valence electrons. The van der Waals surface area contributed by atoms with Gasteiger partial charge in [0.05, 0.1) is 24.1 Å². The van der Waals surface area contributed by atoms with Gasteiger partial charge in [-0.1, -0.05) is 72.0 Å². The number of benzene rings is 3. The summed E-state index contributed by atoms with van der Waals surface area (Å²) in [6.07, 6.45) is 2.40. The van der Waals surface area contributed by atoms with E-state index in [1.807, 2.05) is 42.5 Å². The highest BCUT2D eigenvalue weighted by molar-refractivity contribution is 8.26. The second-order valence-electron chi connectivity index (χ2n) is 8.47. The Morgan fingerprint density at radius 3 is 2.49 bits per heavy atom. The third-order valence-corrected chi connectivity index (χ3v) is 9.09. The Hall–Kier alpha value is -3.37. The Labute approximate surface area is 244 Å². The standard InChI is InChI=1S/C29H22ClNO5S3/c1-34-21-12-9-18(15-22(21)35-2)13-14-31-27(32)24(39-29(31)37)16-17-7-10-19(11-8-17)36-28(33)26-25(30)20-5-3-4-6-23(20)38-26/h3-12,15-16H,13-14H2,1-2H3. The molecule has 0 bridgehead atoms. The van der Waals surface area contributed by atoms with Gasteiger partial charge in [-0.2, -0.15) is 0 Å². The van der Waals surface area contributed by atoms with Gasteiger partial charge in [0, 0.05) is 16.6 Å². The molecule has 2 heterocycles. The van der Waals surface area contributed by atoms with E-state index in [0.717, 1.165) is 21.2 Å². The van der Waals surface area contributed by atoms with Crippen LogP contribution in [0.3, 0.4) is 0 Å². The molecule has 39 heavy (non-hydrogen) atoms. The SMILES string of the molecule is COc1ccc(CCN2C(=O)C(=Cc3ccc(OC(=O)c4sc5ccccc5c4Cl)cc3)SC2=S)cc1OC. The molecule has 0 spiro atoms. The molecule has 1 saturated heterocycles. The van der Waals surface area contributed by atoms with E-state index in [0.29, 0.717) is 49.3 Å². The van der Waals surface area contributed by atoms with Crippen LogP contribution < -0.4 is 14.2 Å². The number of esters is 1. The highest BCUT2D eigenvalue weighted by atomic mass is 35.5. The third-order valence-electron chi connectivity index (χ3n) is 6.05. The molecular weight excluding hydrogens is 574 g/mol. The van der Waals surface area contributed by atoms with Gasteiger partial charge in [-0.3, -0.25) is 9.69 Å². The summed E-state index contributed by atoms with van der Waals surface area (Å²) < 4.78 is 17.6. The number of thioether (sulfide) groups is 1. The quantitative estimate of drug-likeness (QED) is 0.0921. The zero-order valence-electron chi connectivity index (χ0n) is 20.9. The summed E-state index contributed by atoms with van der Waals surface area (Å²) in [7, 11) is 3.18. The topological polar surface area (TPSA) is 65.1 Å². The molecule has 1 aromatic heterocycles. The summed E-state index contributed by atoms with van der Waals surface area (Å²) in [6.45, 7) is 0.451. The fourth-order valence-corrected chi connectivity index (χ4v) is 6.75. The number of fused-ring (bicyclic) bond motifs is 1. The number of nitrogens with zero attached hydrogens (tertiary/aromatic N) is 1. The van der Waals surface area contributed by atoms with Crippen molar-refractivity contribution in [3.8, 4) is 17.2 Å². The number of carbonyl (C=O) groups excluding carboxylic acids is 2. The van der Waals surface area contributed by atoms with E-state index in [2.05, 4.69) is 0 Å². The van der Waals surface area contributed by atoms with Gasteiger partial charge < -0.3 is 14.2 Å². The molecule has 1 amide bonds. The number of hydrogen-bond donors (Lipinski definition) is 0. The van der Waals surface area contributed by atoms with E-state index >= 15 is 0 Å². The van der Waals surface area contributed by atoms with E-state index in [-0.39, 0.29) is 5.91 Å². The number of methoxy groups -OCH3 is 2. The van der Waals surface area contributed by atoms with E-state index < -0.39 is 5.97 Å². The molecule has 5 rings (SSSR count). The number of carbonyl (C=O) groups is 2. The summed E-state index contributed by atoms with van der Waals surface area (Å²) in [6, 6.07) is 20.2. The van der Waals surface area contributed by atoms with Gasteiger partial charge in [-0.25, -0.2) is 4.79 Å². The maximum Gasteiger partial charge on any atom is 0.355 e. The fourth-order valence-electron chi connectivity index (χ4n) is 4.05. The summed E-state index contributed by atoms with van der Waals surface area (Å²) >= 11 is 14.4.